The fourth-order valence-corrected chi connectivity index (χ4v) is 3.58. The molecule has 1 saturated carbocycles. The summed E-state index contributed by atoms with van der Waals surface area (Å²) in [4.78, 5) is 7.85. The maximum atomic E-state index is 5.77. The summed E-state index contributed by atoms with van der Waals surface area (Å²) < 4.78 is 0. The van der Waals surface area contributed by atoms with Crippen LogP contribution in [0.2, 0.25) is 0 Å². The number of aromatic nitrogens is 2. The van der Waals surface area contributed by atoms with Crippen LogP contribution in [-0.4, -0.2) is 27.5 Å². The molecule has 1 aromatic carbocycles. The number of aromatic amines is 1. The van der Waals surface area contributed by atoms with Gasteiger partial charge in [0.25, 0.3) is 0 Å². The highest BCUT2D eigenvalue weighted by Crippen LogP contribution is 2.30. The van der Waals surface area contributed by atoms with Crippen molar-refractivity contribution >= 4 is 34.4 Å². The third kappa shape index (κ3) is 2.14. The molecule has 2 atom stereocenters. The Hall–Kier alpha value is -1.36. The lowest BCUT2D eigenvalue weighted by Crippen LogP contribution is -2.26. The molecule has 2 aromatic rings. The van der Waals surface area contributed by atoms with E-state index in [0.717, 1.165) is 22.7 Å². The number of nitrogens with one attached hydrogen (secondary N) is 2. The van der Waals surface area contributed by atoms with E-state index in [1.807, 2.05) is 30.0 Å². The van der Waals surface area contributed by atoms with Gasteiger partial charge in [-0.3, -0.25) is 0 Å². The molecule has 5 heteroatoms. The Labute approximate surface area is 111 Å². The van der Waals surface area contributed by atoms with Gasteiger partial charge in [0.15, 0.2) is 0 Å². The minimum atomic E-state index is 0.526. The molecule has 1 fully saturated rings. The van der Waals surface area contributed by atoms with Crippen molar-refractivity contribution in [1.82, 2.24) is 9.97 Å². The Morgan fingerprint density at radius 2 is 2.33 bits per heavy atom. The van der Waals surface area contributed by atoms with Gasteiger partial charge in [-0.15, -0.1) is 0 Å². The summed E-state index contributed by atoms with van der Waals surface area (Å²) >= 11 is 1.94. The number of hydrogen-bond donors (Lipinski definition) is 3. The van der Waals surface area contributed by atoms with Crippen molar-refractivity contribution in [3.05, 3.63) is 18.2 Å². The Morgan fingerprint density at radius 1 is 1.44 bits per heavy atom. The molecule has 1 aliphatic carbocycles. The lowest BCUT2D eigenvalue weighted by Gasteiger charge is -2.18. The minimum absolute atomic E-state index is 0.526. The van der Waals surface area contributed by atoms with Gasteiger partial charge in [0.05, 0.1) is 11.0 Å². The molecule has 0 spiro atoms. The maximum absolute atomic E-state index is 5.77. The van der Waals surface area contributed by atoms with Gasteiger partial charge in [0.1, 0.15) is 0 Å². The molecule has 1 aromatic heterocycles. The van der Waals surface area contributed by atoms with Crippen LogP contribution >= 0.6 is 11.8 Å². The zero-order chi connectivity index (χ0) is 12.5. The van der Waals surface area contributed by atoms with Crippen LogP contribution in [0.1, 0.15) is 19.3 Å². The first-order valence-electron chi connectivity index (χ1n) is 6.31. The third-order valence-corrected chi connectivity index (χ3v) is 4.75. The first-order chi connectivity index (χ1) is 8.76. The van der Waals surface area contributed by atoms with Crippen molar-refractivity contribution in [2.24, 2.45) is 0 Å². The average molecular weight is 262 g/mol. The van der Waals surface area contributed by atoms with E-state index in [0.29, 0.717) is 11.3 Å². The molecule has 4 N–H and O–H groups in total. The van der Waals surface area contributed by atoms with E-state index in [1.165, 1.54) is 19.3 Å². The zero-order valence-electron chi connectivity index (χ0n) is 10.4. The smallest absolute Gasteiger partial charge is 0.201 e. The molecular weight excluding hydrogens is 244 g/mol. The second-order valence-electron chi connectivity index (χ2n) is 4.82. The van der Waals surface area contributed by atoms with Crippen LogP contribution in [0.15, 0.2) is 18.2 Å². The Morgan fingerprint density at radius 3 is 3.17 bits per heavy atom. The van der Waals surface area contributed by atoms with Crippen LogP contribution in [-0.2, 0) is 0 Å². The third-order valence-electron chi connectivity index (χ3n) is 3.58. The van der Waals surface area contributed by atoms with E-state index >= 15 is 0 Å². The number of imidazole rings is 1. The largest absolute Gasteiger partial charge is 0.399 e. The van der Waals surface area contributed by atoms with Gasteiger partial charge >= 0.3 is 0 Å². The van der Waals surface area contributed by atoms with Crippen molar-refractivity contribution < 1.29 is 0 Å². The second-order valence-corrected chi connectivity index (χ2v) is 5.89. The van der Waals surface area contributed by atoms with E-state index in [9.17, 15) is 0 Å². The highest BCUT2D eigenvalue weighted by atomic mass is 32.2. The van der Waals surface area contributed by atoms with Gasteiger partial charge in [-0.05, 0) is 37.3 Å². The van der Waals surface area contributed by atoms with E-state index in [-0.39, 0.29) is 0 Å². The molecule has 0 aliphatic heterocycles. The van der Waals surface area contributed by atoms with Crippen LogP contribution in [0.5, 0.6) is 0 Å². The van der Waals surface area contributed by atoms with E-state index in [1.54, 1.807) is 0 Å². The van der Waals surface area contributed by atoms with E-state index < -0.39 is 0 Å². The Bertz CT molecular complexity index is 551. The number of anilines is 2. The summed E-state index contributed by atoms with van der Waals surface area (Å²) in [5.74, 6) is 0.863. The molecule has 1 heterocycles. The highest BCUT2D eigenvalue weighted by molar-refractivity contribution is 7.99. The molecule has 1 aliphatic rings. The van der Waals surface area contributed by atoms with Gasteiger partial charge in [0, 0.05) is 17.0 Å². The minimum Gasteiger partial charge on any atom is -0.399 e. The number of hydrogen-bond acceptors (Lipinski definition) is 4. The number of H-pyrrole nitrogens is 1. The zero-order valence-corrected chi connectivity index (χ0v) is 11.3. The van der Waals surface area contributed by atoms with Crippen LogP contribution in [0.4, 0.5) is 11.6 Å². The van der Waals surface area contributed by atoms with E-state index in [4.69, 9.17) is 5.73 Å². The van der Waals surface area contributed by atoms with Crippen LogP contribution < -0.4 is 11.1 Å². The summed E-state index contributed by atoms with van der Waals surface area (Å²) in [5.41, 5.74) is 8.49. The summed E-state index contributed by atoms with van der Waals surface area (Å²) in [7, 11) is 0. The maximum Gasteiger partial charge on any atom is 0.201 e. The van der Waals surface area contributed by atoms with Gasteiger partial charge in [0.2, 0.25) is 5.95 Å². The molecule has 0 radical (unpaired) electrons. The van der Waals surface area contributed by atoms with Gasteiger partial charge in [-0.25, -0.2) is 4.98 Å². The van der Waals surface area contributed by atoms with E-state index in [2.05, 4.69) is 21.5 Å². The lowest BCUT2D eigenvalue weighted by atomic mass is 10.2. The standard InChI is InChI=1S/C13H18N4S/c1-18-12-4-2-3-10(12)16-13-15-9-6-5-8(14)7-11(9)17-13/h5-7,10,12H,2-4,14H2,1H3,(H2,15,16,17). The Kier molecular flexibility index (Phi) is 3.07. The number of thioether (sulfide) groups is 1. The van der Waals surface area contributed by atoms with Crippen LogP contribution in [0.3, 0.4) is 0 Å². The van der Waals surface area contributed by atoms with Crippen molar-refractivity contribution in [2.45, 2.75) is 30.6 Å². The van der Waals surface area contributed by atoms with Crippen molar-refractivity contribution in [3.8, 4) is 0 Å². The first-order valence-corrected chi connectivity index (χ1v) is 7.59. The van der Waals surface area contributed by atoms with Gasteiger partial charge < -0.3 is 16.0 Å². The number of fused-ring (bicyclic) bond motifs is 1. The van der Waals surface area contributed by atoms with Crippen molar-refractivity contribution in [2.75, 3.05) is 17.3 Å². The van der Waals surface area contributed by atoms with Gasteiger partial charge in [-0.1, -0.05) is 6.42 Å². The monoisotopic (exact) mass is 262 g/mol. The second kappa shape index (κ2) is 4.72. The summed E-state index contributed by atoms with van der Waals surface area (Å²) in [6, 6.07) is 6.28. The van der Waals surface area contributed by atoms with Crippen molar-refractivity contribution in [3.63, 3.8) is 0 Å². The van der Waals surface area contributed by atoms with Crippen LogP contribution in [0.25, 0.3) is 11.0 Å². The predicted octanol–water partition coefficient (Wildman–Crippen LogP) is 2.84. The summed E-state index contributed by atoms with van der Waals surface area (Å²) in [6.07, 6.45) is 6.01. The molecule has 3 rings (SSSR count). The number of rotatable bonds is 3. The highest BCUT2D eigenvalue weighted by Gasteiger charge is 2.26. The fourth-order valence-electron chi connectivity index (χ4n) is 2.64. The quantitative estimate of drug-likeness (QED) is 0.744. The Balaban J connectivity index is 1.82. The molecule has 96 valence electrons. The molecule has 0 bridgehead atoms. The van der Waals surface area contributed by atoms with Gasteiger partial charge in [-0.2, -0.15) is 11.8 Å². The fraction of sp³-hybridized carbons (Fsp3) is 0.462. The molecule has 4 nitrogen and oxygen atoms in total. The average Bonchev–Trinajstić information content (AvgIpc) is 2.94. The summed E-state index contributed by atoms with van der Waals surface area (Å²) in [6.45, 7) is 0. The molecule has 0 amide bonds. The topological polar surface area (TPSA) is 66.7 Å². The normalized spacial score (nSPS) is 23.6. The number of benzene rings is 1. The first kappa shape index (κ1) is 11.7. The number of nitrogen functional groups attached to an aromatic ring is 1. The summed E-state index contributed by atoms with van der Waals surface area (Å²) in [5, 5.41) is 4.22. The molecule has 2 unspecified atom stereocenters. The molecule has 0 saturated heterocycles. The van der Waals surface area contributed by atoms with Crippen molar-refractivity contribution in [1.29, 1.82) is 0 Å². The molecular formula is C13H18N4S. The number of nitrogens with two attached hydrogens (primary N) is 1. The lowest BCUT2D eigenvalue weighted by molar-refractivity contribution is 0.760. The SMILES string of the molecule is CSC1CCCC1Nc1nc2ccc(N)cc2[nH]1. The number of nitrogens with zero attached hydrogens (tertiary/aromatic N) is 1. The molecule has 18 heavy (non-hydrogen) atoms. The van der Waals surface area contributed by atoms with Crippen LogP contribution in [0, 0.1) is 0 Å². The predicted molar refractivity (Wildman–Crippen MR) is 79.1 cm³/mol.